The number of methoxy groups -OCH3 is 1. The highest BCUT2D eigenvalue weighted by molar-refractivity contribution is 6.34. The van der Waals surface area contributed by atoms with Crippen LogP contribution in [-0.4, -0.2) is 40.9 Å². The Bertz CT molecular complexity index is 1520. The van der Waals surface area contributed by atoms with Crippen molar-refractivity contribution in [3.05, 3.63) is 70.9 Å². The summed E-state index contributed by atoms with van der Waals surface area (Å²) in [4.78, 5) is 39.0. The van der Waals surface area contributed by atoms with Crippen molar-refractivity contribution < 1.29 is 14.3 Å². The molecule has 0 unspecified atom stereocenters. The third kappa shape index (κ3) is 6.74. The number of benzene rings is 2. The van der Waals surface area contributed by atoms with Crippen molar-refractivity contribution in [3.8, 4) is 17.3 Å². The first-order valence-electron chi connectivity index (χ1n) is 12.0. The monoisotopic (exact) mass is 568 g/mol. The van der Waals surface area contributed by atoms with Gasteiger partial charge in [0.1, 0.15) is 5.82 Å². The molecule has 0 fully saturated rings. The number of anilines is 2. The SMILES string of the molecule is CNc1nc(-c2cccnc2OC)nc2cc(NC(=O)c3cc(CNC(=O)C(C)(C)C)ccc3Cl)ccc12.Cl. The molecule has 11 heteroatoms. The maximum atomic E-state index is 13.2. The highest BCUT2D eigenvalue weighted by Gasteiger charge is 2.21. The lowest BCUT2D eigenvalue weighted by atomic mass is 9.95. The molecule has 0 bridgehead atoms. The third-order valence-electron chi connectivity index (χ3n) is 5.81. The molecule has 3 N–H and O–H groups in total. The Morgan fingerprint density at radius 1 is 1.05 bits per heavy atom. The summed E-state index contributed by atoms with van der Waals surface area (Å²) in [5.41, 5.74) is 2.35. The summed E-state index contributed by atoms with van der Waals surface area (Å²) < 4.78 is 5.37. The Hall–Kier alpha value is -3.95. The van der Waals surface area contributed by atoms with Gasteiger partial charge in [0.15, 0.2) is 5.82 Å². The van der Waals surface area contributed by atoms with Crippen LogP contribution >= 0.6 is 24.0 Å². The quantitative estimate of drug-likeness (QED) is 0.260. The second-order valence-electron chi connectivity index (χ2n) is 9.64. The van der Waals surface area contributed by atoms with E-state index in [1.807, 2.05) is 32.9 Å². The summed E-state index contributed by atoms with van der Waals surface area (Å²) in [6, 6.07) is 14.1. The normalized spacial score (nSPS) is 10.9. The van der Waals surface area contributed by atoms with Crippen molar-refractivity contribution in [1.82, 2.24) is 20.3 Å². The van der Waals surface area contributed by atoms with E-state index < -0.39 is 5.41 Å². The van der Waals surface area contributed by atoms with Crippen LogP contribution in [0.5, 0.6) is 5.88 Å². The van der Waals surface area contributed by atoms with Gasteiger partial charge < -0.3 is 20.7 Å². The average Bonchev–Trinajstić information content (AvgIpc) is 2.90. The molecule has 0 radical (unpaired) electrons. The number of rotatable bonds is 7. The predicted molar refractivity (Wildman–Crippen MR) is 157 cm³/mol. The minimum atomic E-state index is -0.512. The van der Waals surface area contributed by atoms with Crippen LogP contribution in [0.1, 0.15) is 36.7 Å². The van der Waals surface area contributed by atoms with Gasteiger partial charge in [0.05, 0.1) is 28.8 Å². The van der Waals surface area contributed by atoms with Crippen molar-refractivity contribution in [1.29, 1.82) is 0 Å². The Morgan fingerprint density at radius 3 is 2.51 bits per heavy atom. The van der Waals surface area contributed by atoms with E-state index in [9.17, 15) is 9.59 Å². The van der Waals surface area contributed by atoms with E-state index in [2.05, 4.69) is 25.9 Å². The number of amides is 2. The zero-order valence-corrected chi connectivity index (χ0v) is 23.8. The number of hydrogen-bond acceptors (Lipinski definition) is 7. The molecule has 0 spiro atoms. The first-order valence-corrected chi connectivity index (χ1v) is 12.4. The Kier molecular flexibility index (Phi) is 9.32. The highest BCUT2D eigenvalue weighted by atomic mass is 35.5. The lowest BCUT2D eigenvalue weighted by molar-refractivity contribution is -0.128. The second-order valence-corrected chi connectivity index (χ2v) is 10.0. The number of nitrogens with zero attached hydrogens (tertiary/aromatic N) is 3. The fraction of sp³-hybridized carbons (Fsp3) is 0.250. The third-order valence-corrected chi connectivity index (χ3v) is 6.14. The molecule has 0 saturated carbocycles. The molecule has 2 heterocycles. The Balaban J connectivity index is 0.00000420. The van der Waals surface area contributed by atoms with Crippen molar-refractivity contribution >= 4 is 58.2 Å². The number of carbonyl (C=O) groups excluding carboxylic acids is 2. The molecule has 4 aromatic rings. The zero-order valence-electron chi connectivity index (χ0n) is 22.3. The van der Waals surface area contributed by atoms with Gasteiger partial charge in [-0.2, -0.15) is 0 Å². The van der Waals surface area contributed by atoms with Crippen LogP contribution < -0.4 is 20.7 Å². The maximum absolute atomic E-state index is 13.2. The topological polar surface area (TPSA) is 118 Å². The molecule has 2 aromatic heterocycles. The van der Waals surface area contributed by atoms with E-state index in [1.165, 1.54) is 7.11 Å². The minimum absolute atomic E-state index is 0. The lowest BCUT2D eigenvalue weighted by Gasteiger charge is -2.18. The summed E-state index contributed by atoms with van der Waals surface area (Å²) in [7, 11) is 3.32. The molecule has 2 amide bonds. The second kappa shape index (κ2) is 12.3. The number of nitrogens with one attached hydrogen (secondary N) is 3. The van der Waals surface area contributed by atoms with Gasteiger partial charge in [0.25, 0.3) is 5.91 Å². The summed E-state index contributed by atoms with van der Waals surface area (Å²) in [6.07, 6.45) is 1.63. The van der Waals surface area contributed by atoms with Crippen LogP contribution in [0.25, 0.3) is 22.3 Å². The fourth-order valence-electron chi connectivity index (χ4n) is 3.74. The van der Waals surface area contributed by atoms with E-state index in [4.69, 9.17) is 21.3 Å². The largest absolute Gasteiger partial charge is 0.480 e. The van der Waals surface area contributed by atoms with E-state index >= 15 is 0 Å². The standard InChI is InChI=1S/C28H29ClN6O3.ClH/c1-28(2,3)27(37)32-15-16-8-11-21(29)20(13-16)25(36)33-17-9-10-18-22(14-17)34-24(35-23(18)30-4)19-7-6-12-31-26(19)38-5;/h6-14H,15H2,1-5H3,(H,32,37)(H,33,36)(H,30,34,35);1H. The van der Waals surface area contributed by atoms with Crippen LogP contribution in [0.2, 0.25) is 5.02 Å². The van der Waals surface area contributed by atoms with Crippen LogP contribution in [0.3, 0.4) is 0 Å². The van der Waals surface area contributed by atoms with Crippen LogP contribution in [0.15, 0.2) is 54.7 Å². The van der Waals surface area contributed by atoms with Gasteiger partial charge >= 0.3 is 0 Å². The average molecular weight is 569 g/mol. The first kappa shape index (κ1) is 29.6. The van der Waals surface area contributed by atoms with Gasteiger partial charge in [0.2, 0.25) is 11.8 Å². The van der Waals surface area contributed by atoms with Crippen molar-refractivity contribution in [2.24, 2.45) is 5.41 Å². The summed E-state index contributed by atoms with van der Waals surface area (Å²) >= 11 is 6.35. The van der Waals surface area contributed by atoms with Crippen LogP contribution in [0.4, 0.5) is 11.5 Å². The van der Waals surface area contributed by atoms with Gasteiger partial charge in [-0.05, 0) is 48.0 Å². The number of hydrogen-bond donors (Lipinski definition) is 3. The molecule has 4 rings (SSSR count). The number of carbonyl (C=O) groups is 2. The molecule has 204 valence electrons. The first-order chi connectivity index (χ1) is 18.1. The number of ether oxygens (including phenoxy) is 1. The van der Waals surface area contributed by atoms with Crippen molar-refractivity contribution in [2.45, 2.75) is 27.3 Å². The molecule has 0 aliphatic rings. The van der Waals surface area contributed by atoms with Crippen molar-refractivity contribution in [2.75, 3.05) is 24.8 Å². The van der Waals surface area contributed by atoms with Crippen molar-refractivity contribution in [3.63, 3.8) is 0 Å². The summed E-state index contributed by atoms with van der Waals surface area (Å²) in [5.74, 6) is 1.01. The fourth-order valence-corrected chi connectivity index (χ4v) is 3.95. The molecule has 0 aliphatic carbocycles. The lowest BCUT2D eigenvalue weighted by Crippen LogP contribution is -2.34. The molecule has 0 saturated heterocycles. The predicted octanol–water partition coefficient (Wildman–Crippen LogP) is 5.73. The Morgan fingerprint density at radius 2 is 1.82 bits per heavy atom. The van der Waals surface area contributed by atoms with Gasteiger partial charge in [-0.15, -0.1) is 12.4 Å². The number of halogens is 2. The van der Waals surface area contributed by atoms with Crippen LogP contribution in [-0.2, 0) is 11.3 Å². The van der Waals surface area contributed by atoms with E-state index in [0.717, 1.165) is 10.9 Å². The number of pyridine rings is 1. The van der Waals surface area contributed by atoms with Gasteiger partial charge in [-0.25, -0.2) is 15.0 Å². The Labute approximate surface area is 238 Å². The van der Waals surface area contributed by atoms with E-state index in [0.29, 0.717) is 44.9 Å². The molecular weight excluding hydrogens is 539 g/mol. The highest BCUT2D eigenvalue weighted by Crippen LogP contribution is 2.30. The van der Waals surface area contributed by atoms with Gasteiger partial charge in [0, 0.05) is 36.3 Å². The summed E-state index contributed by atoms with van der Waals surface area (Å²) in [6.45, 7) is 5.81. The smallest absolute Gasteiger partial charge is 0.257 e. The van der Waals surface area contributed by atoms with Gasteiger partial charge in [-0.3, -0.25) is 9.59 Å². The minimum Gasteiger partial charge on any atom is -0.480 e. The van der Waals surface area contributed by atoms with E-state index in [1.54, 1.807) is 49.6 Å². The molecule has 2 aromatic carbocycles. The molecule has 0 aliphatic heterocycles. The molecule has 0 atom stereocenters. The molecular formula is C28H30Cl2N6O3. The molecule has 9 nitrogen and oxygen atoms in total. The number of aromatic nitrogens is 3. The number of fused-ring (bicyclic) bond motifs is 1. The van der Waals surface area contributed by atoms with E-state index in [-0.39, 0.29) is 30.8 Å². The van der Waals surface area contributed by atoms with Gasteiger partial charge in [-0.1, -0.05) is 38.4 Å². The maximum Gasteiger partial charge on any atom is 0.257 e. The zero-order chi connectivity index (χ0) is 27.4. The molecule has 39 heavy (non-hydrogen) atoms. The van der Waals surface area contributed by atoms with Crippen LogP contribution in [0, 0.1) is 5.41 Å². The summed E-state index contributed by atoms with van der Waals surface area (Å²) in [5, 5.41) is 9.97.